The average Bonchev–Trinajstić information content (AvgIpc) is 2.26. The van der Waals surface area contributed by atoms with Gasteiger partial charge in [0.15, 0.2) is 0 Å². The van der Waals surface area contributed by atoms with Crippen molar-refractivity contribution in [3.8, 4) is 5.75 Å². The maximum Gasteiger partial charge on any atom is 0.305 e. The van der Waals surface area contributed by atoms with Crippen molar-refractivity contribution in [2.24, 2.45) is 5.41 Å². The van der Waals surface area contributed by atoms with Crippen LogP contribution in [0.3, 0.4) is 0 Å². The Labute approximate surface area is 112 Å². The standard InChI is InChI=1S/C14H19NO4/c1-14(2,3)11(8-12(17)18)15-13(19)9-6-4-5-7-10(9)16/h4-7,11,16H,8H2,1-3H3,(H,15,19)(H,17,18). The number of carbonyl (C=O) groups is 2. The topological polar surface area (TPSA) is 86.6 Å². The molecule has 1 atom stereocenters. The van der Waals surface area contributed by atoms with Gasteiger partial charge in [-0.1, -0.05) is 32.9 Å². The molecule has 1 aromatic rings. The van der Waals surface area contributed by atoms with Crippen molar-refractivity contribution in [1.29, 1.82) is 0 Å². The highest BCUT2D eigenvalue weighted by Gasteiger charge is 2.29. The van der Waals surface area contributed by atoms with Gasteiger partial charge in [-0.25, -0.2) is 0 Å². The van der Waals surface area contributed by atoms with Crippen molar-refractivity contribution in [3.05, 3.63) is 29.8 Å². The highest BCUT2D eigenvalue weighted by molar-refractivity contribution is 5.97. The summed E-state index contributed by atoms with van der Waals surface area (Å²) in [7, 11) is 0. The molecule has 104 valence electrons. The zero-order chi connectivity index (χ0) is 14.6. The Kier molecular flexibility index (Phi) is 4.53. The summed E-state index contributed by atoms with van der Waals surface area (Å²) >= 11 is 0. The minimum absolute atomic E-state index is 0.122. The Morgan fingerprint density at radius 3 is 2.32 bits per heavy atom. The van der Waals surface area contributed by atoms with Crippen LogP contribution in [-0.2, 0) is 4.79 Å². The molecule has 0 aliphatic rings. The summed E-state index contributed by atoms with van der Waals surface area (Å²) < 4.78 is 0. The molecule has 0 heterocycles. The van der Waals surface area contributed by atoms with E-state index in [1.165, 1.54) is 12.1 Å². The summed E-state index contributed by atoms with van der Waals surface area (Å²) in [5.41, 5.74) is -0.250. The molecule has 0 saturated carbocycles. The molecular formula is C14H19NO4. The lowest BCUT2D eigenvalue weighted by atomic mass is 9.84. The van der Waals surface area contributed by atoms with Crippen molar-refractivity contribution in [2.45, 2.75) is 33.2 Å². The molecule has 0 saturated heterocycles. The van der Waals surface area contributed by atoms with Gasteiger partial charge < -0.3 is 15.5 Å². The first-order valence-electron chi connectivity index (χ1n) is 6.02. The van der Waals surface area contributed by atoms with Gasteiger partial charge in [-0.3, -0.25) is 9.59 Å². The van der Waals surface area contributed by atoms with Gasteiger partial charge in [-0.05, 0) is 17.5 Å². The molecule has 0 fully saturated rings. The van der Waals surface area contributed by atoms with E-state index in [0.717, 1.165) is 0 Å². The predicted octanol–water partition coefficient (Wildman–Crippen LogP) is 2.01. The first-order chi connectivity index (χ1) is 8.71. The highest BCUT2D eigenvalue weighted by Crippen LogP contribution is 2.23. The van der Waals surface area contributed by atoms with Gasteiger partial charge in [0.1, 0.15) is 5.75 Å². The van der Waals surface area contributed by atoms with E-state index in [0.29, 0.717) is 0 Å². The van der Waals surface area contributed by atoms with Crippen LogP contribution in [0.5, 0.6) is 5.75 Å². The van der Waals surface area contributed by atoms with E-state index in [2.05, 4.69) is 5.32 Å². The lowest BCUT2D eigenvalue weighted by Gasteiger charge is -2.30. The summed E-state index contributed by atoms with van der Waals surface area (Å²) in [6.45, 7) is 5.56. The minimum atomic E-state index is -0.975. The van der Waals surface area contributed by atoms with E-state index in [9.17, 15) is 14.7 Å². The molecule has 19 heavy (non-hydrogen) atoms. The molecule has 1 amide bonds. The molecule has 0 bridgehead atoms. The Balaban J connectivity index is 2.88. The van der Waals surface area contributed by atoms with Crippen LogP contribution >= 0.6 is 0 Å². The number of nitrogens with one attached hydrogen (secondary N) is 1. The molecule has 1 rings (SSSR count). The van der Waals surface area contributed by atoms with E-state index in [1.807, 2.05) is 20.8 Å². The van der Waals surface area contributed by atoms with Crippen LogP contribution in [-0.4, -0.2) is 28.1 Å². The van der Waals surface area contributed by atoms with Crippen LogP contribution in [0.4, 0.5) is 0 Å². The highest BCUT2D eigenvalue weighted by atomic mass is 16.4. The van der Waals surface area contributed by atoms with Crippen LogP contribution in [0.1, 0.15) is 37.6 Å². The number of phenolic OH excluding ortho intramolecular Hbond substituents is 1. The molecule has 0 aliphatic heterocycles. The number of para-hydroxylation sites is 1. The number of amides is 1. The SMILES string of the molecule is CC(C)(C)C(CC(=O)O)NC(=O)c1ccccc1O. The van der Waals surface area contributed by atoms with Gasteiger partial charge in [0.25, 0.3) is 5.91 Å². The maximum atomic E-state index is 12.0. The fraction of sp³-hybridized carbons (Fsp3) is 0.429. The molecule has 0 aromatic heterocycles. The molecule has 1 aromatic carbocycles. The smallest absolute Gasteiger partial charge is 0.305 e. The Bertz CT molecular complexity index is 477. The van der Waals surface area contributed by atoms with Crippen molar-refractivity contribution < 1.29 is 19.8 Å². The fourth-order valence-corrected chi connectivity index (χ4v) is 1.65. The van der Waals surface area contributed by atoms with E-state index >= 15 is 0 Å². The fourth-order valence-electron chi connectivity index (χ4n) is 1.65. The Morgan fingerprint density at radius 1 is 1.26 bits per heavy atom. The summed E-state index contributed by atoms with van der Waals surface area (Å²) in [5.74, 6) is -1.57. The molecule has 3 N–H and O–H groups in total. The van der Waals surface area contributed by atoms with Crippen LogP contribution < -0.4 is 5.32 Å². The number of benzene rings is 1. The zero-order valence-corrected chi connectivity index (χ0v) is 11.3. The van der Waals surface area contributed by atoms with Crippen LogP contribution in [0.2, 0.25) is 0 Å². The van der Waals surface area contributed by atoms with Gasteiger partial charge in [0.2, 0.25) is 0 Å². The van der Waals surface area contributed by atoms with Gasteiger partial charge in [-0.2, -0.15) is 0 Å². The zero-order valence-electron chi connectivity index (χ0n) is 11.3. The first kappa shape index (κ1) is 15.0. The van der Waals surface area contributed by atoms with Gasteiger partial charge >= 0.3 is 5.97 Å². The number of aliphatic carboxylic acids is 1. The molecule has 5 nitrogen and oxygen atoms in total. The number of carbonyl (C=O) groups excluding carboxylic acids is 1. The quantitative estimate of drug-likeness (QED) is 0.777. The number of carboxylic acid groups (broad SMARTS) is 1. The number of rotatable bonds is 4. The number of carboxylic acids is 1. The van der Waals surface area contributed by atoms with Gasteiger partial charge in [-0.15, -0.1) is 0 Å². The summed E-state index contributed by atoms with van der Waals surface area (Å²) in [6.07, 6.45) is -0.164. The van der Waals surface area contributed by atoms with Crippen LogP contribution in [0.25, 0.3) is 0 Å². The molecule has 1 unspecified atom stereocenters. The largest absolute Gasteiger partial charge is 0.507 e. The first-order valence-corrected chi connectivity index (χ1v) is 6.02. The van der Waals surface area contributed by atoms with E-state index < -0.39 is 23.3 Å². The summed E-state index contributed by atoms with van der Waals surface area (Å²) in [5, 5.41) is 21.2. The lowest BCUT2D eigenvalue weighted by molar-refractivity contribution is -0.138. The maximum absolute atomic E-state index is 12.0. The van der Waals surface area contributed by atoms with Crippen molar-refractivity contribution in [3.63, 3.8) is 0 Å². The third-order valence-electron chi connectivity index (χ3n) is 2.88. The molecule has 0 spiro atoms. The van der Waals surface area contributed by atoms with Crippen molar-refractivity contribution in [1.82, 2.24) is 5.32 Å². The minimum Gasteiger partial charge on any atom is -0.507 e. The lowest BCUT2D eigenvalue weighted by Crippen LogP contribution is -2.45. The third kappa shape index (κ3) is 4.28. The second kappa shape index (κ2) is 5.73. The third-order valence-corrected chi connectivity index (χ3v) is 2.88. The van der Waals surface area contributed by atoms with E-state index in [1.54, 1.807) is 12.1 Å². The second-order valence-corrected chi connectivity index (χ2v) is 5.51. The summed E-state index contributed by atoms with van der Waals surface area (Å²) in [4.78, 5) is 22.9. The molecule has 0 aliphatic carbocycles. The van der Waals surface area contributed by atoms with Crippen molar-refractivity contribution >= 4 is 11.9 Å². The monoisotopic (exact) mass is 265 g/mol. The number of aromatic hydroxyl groups is 1. The molecule has 0 radical (unpaired) electrons. The summed E-state index contributed by atoms with van der Waals surface area (Å²) in [6, 6.07) is 5.64. The Morgan fingerprint density at radius 2 is 1.84 bits per heavy atom. The van der Waals surface area contributed by atoms with E-state index in [-0.39, 0.29) is 17.7 Å². The molecular weight excluding hydrogens is 246 g/mol. The van der Waals surface area contributed by atoms with Crippen LogP contribution in [0.15, 0.2) is 24.3 Å². The number of phenols is 1. The van der Waals surface area contributed by atoms with E-state index in [4.69, 9.17) is 5.11 Å². The molecule has 5 heteroatoms. The van der Waals surface area contributed by atoms with Crippen molar-refractivity contribution in [2.75, 3.05) is 0 Å². The van der Waals surface area contributed by atoms with Gasteiger partial charge in [0, 0.05) is 6.04 Å². The Hall–Kier alpha value is -2.04. The average molecular weight is 265 g/mol. The van der Waals surface area contributed by atoms with Crippen LogP contribution in [0, 0.1) is 5.41 Å². The van der Waals surface area contributed by atoms with Gasteiger partial charge in [0.05, 0.1) is 12.0 Å². The second-order valence-electron chi connectivity index (χ2n) is 5.51. The number of hydrogen-bond donors (Lipinski definition) is 3. The predicted molar refractivity (Wildman–Crippen MR) is 71.1 cm³/mol. The number of hydrogen-bond acceptors (Lipinski definition) is 3. The normalized spacial score (nSPS) is 12.8.